The monoisotopic (exact) mass is 265 g/mol. The van der Waals surface area contributed by atoms with Crippen LogP contribution in [0.3, 0.4) is 0 Å². The van der Waals surface area contributed by atoms with Gasteiger partial charge in [-0.1, -0.05) is 24.6 Å². The van der Waals surface area contributed by atoms with Crippen LogP contribution in [0.25, 0.3) is 11.0 Å². The van der Waals surface area contributed by atoms with Crippen molar-refractivity contribution in [1.82, 2.24) is 5.32 Å². The molecule has 0 radical (unpaired) electrons. The van der Waals surface area contributed by atoms with Gasteiger partial charge < -0.3 is 9.73 Å². The molecule has 4 heteroatoms. The zero-order valence-corrected chi connectivity index (χ0v) is 10.7. The second kappa shape index (κ2) is 4.93. The molecule has 1 N–H and O–H groups in total. The van der Waals surface area contributed by atoms with Gasteiger partial charge in [-0.25, -0.2) is 8.78 Å². The molecule has 19 heavy (non-hydrogen) atoms. The highest BCUT2D eigenvalue weighted by Gasteiger charge is 2.37. The summed E-state index contributed by atoms with van der Waals surface area (Å²) in [5.41, 5.74) is 0.532. The number of halogens is 2. The molecule has 2 heterocycles. The van der Waals surface area contributed by atoms with Gasteiger partial charge in [0.1, 0.15) is 11.8 Å². The van der Waals surface area contributed by atoms with Crippen LogP contribution in [-0.4, -0.2) is 12.6 Å². The van der Waals surface area contributed by atoms with Gasteiger partial charge in [-0.15, -0.1) is 0 Å². The Morgan fingerprint density at radius 1 is 1.26 bits per heavy atom. The first kappa shape index (κ1) is 12.6. The normalized spacial score (nSPS) is 20.8. The van der Waals surface area contributed by atoms with Gasteiger partial charge in [0.25, 0.3) is 5.92 Å². The van der Waals surface area contributed by atoms with E-state index in [9.17, 15) is 8.78 Å². The van der Waals surface area contributed by atoms with Crippen LogP contribution in [0.5, 0.6) is 0 Å². The number of rotatable bonds is 3. The van der Waals surface area contributed by atoms with Crippen molar-refractivity contribution in [3.8, 4) is 0 Å². The molecule has 1 aliphatic rings. The minimum atomic E-state index is -2.85. The van der Waals surface area contributed by atoms with E-state index in [0.29, 0.717) is 11.0 Å². The minimum absolute atomic E-state index is 0.00970. The van der Waals surface area contributed by atoms with Crippen molar-refractivity contribution in [2.75, 3.05) is 6.54 Å². The van der Waals surface area contributed by atoms with Crippen molar-refractivity contribution in [2.24, 2.45) is 0 Å². The Hall–Kier alpha value is -1.42. The Bertz CT molecular complexity index is 558. The van der Waals surface area contributed by atoms with E-state index in [-0.39, 0.29) is 18.0 Å². The highest BCUT2D eigenvalue weighted by Crippen LogP contribution is 2.39. The Kier molecular flexibility index (Phi) is 3.27. The third-order valence-electron chi connectivity index (χ3n) is 3.79. The highest BCUT2D eigenvalue weighted by molar-refractivity contribution is 5.81. The predicted octanol–water partition coefficient (Wildman–Crippen LogP) is 4.06. The Morgan fingerprint density at radius 2 is 2.11 bits per heavy atom. The molecule has 3 rings (SSSR count). The van der Waals surface area contributed by atoms with Crippen LogP contribution < -0.4 is 5.32 Å². The fourth-order valence-electron chi connectivity index (χ4n) is 2.78. The number of piperidine rings is 1. The molecule has 1 fully saturated rings. The van der Waals surface area contributed by atoms with Crippen molar-refractivity contribution >= 4 is 11.0 Å². The summed E-state index contributed by atoms with van der Waals surface area (Å²) in [4.78, 5) is 0. The van der Waals surface area contributed by atoms with Crippen molar-refractivity contribution < 1.29 is 13.2 Å². The second-order valence-corrected chi connectivity index (χ2v) is 5.20. The van der Waals surface area contributed by atoms with Crippen molar-refractivity contribution in [3.63, 3.8) is 0 Å². The summed E-state index contributed by atoms with van der Waals surface area (Å²) in [5.74, 6) is -2.85. The maximum atomic E-state index is 14.4. The number of benzene rings is 1. The van der Waals surface area contributed by atoms with Gasteiger partial charge in [-0.2, -0.15) is 0 Å². The Labute approximate surface area is 110 Å². The molecule has 2 nitrogen and oxygen atoms in total. The van der Waals surface area contributed by atoms with Gasteiger partial charge in [-0.3, -0.25) is 0 Å². The number of alkyl halides is 2. The molecule has 1 saturated heterocycles. The van der Waals surface area contributed by atoms with E-state index in [4.69, 9.17) is 4.42 Å². The van der Waals surface area contributed by atoms with Crippen molar-refractivity contribution in [1.29, 1.82) is 0 Å². The molecule has 1 unspecified atom stereocenters. The van der Waals surface area contributed by atoms with Gasteiger partial charge in [0.2, 0.25) is 0 Å². The maximum absolute atomic E-state index is 14.4. The minimum Gasteiger partial charge on any atom is -0.464 e. The van der Waals surface area contributed by atoms with Gasteiger partial charge >= 0.3 is 0 Å². The maximum Gasteiger partial charge on any atom is 0.278 e. The van der Waals surface area contributed by atoms with E-state index < -0.39 is 5.92 Å². The molecule has 1 aliphatic heterocycles. The largest absolute Gasteiger partial charge is 0.464 e. The summed E-state index contributed by atoms with van der Waals surface area (Å²) < 4.78 is 34.0. The molecule has 0 saturated carbocycles. The van der Waals surface area contributed by atoms with E-state index in [1.54, 1.807) is 24.3 Å². The molecule has 1 aromatic carbocycles. The van der Waals surface area contributed by atoms with Crippen LogP contribution in [-0.2, 0) is 5.92 Å². The molecular formula is C15H17F2NO. The van der Waals surface area contributed by atoms with Crippen LogP contribution in [0.4, 0.5) is 8.78 Å². The standard InChI is InChI=1S/C15H17F2NO/c16-15(17,9-11-5-3-4-8-18-11)13-10-19-14-7-2-1-6-12(13)14/h1-2,6-7,10-11,18H,3-5,8-9H2. The third kappa shape index (κ3) is 2.50. The number of hydrogen-bond donors (Lipinski definition) is 1. The Morgan fingerprint density at radius 3 is 2.89 bits per heavy atom. The number of hydrogen-bond acceptors (Lipinski definition) is 2. The fourth-order valence-corrected chi connectivity index (χ4v) is 2.78. The van der Waals surface area contributed by atoms with Crippen LogP contribution in [0, 0.1) is 0 Å². The molecule has 2 aromatic rings. The van der Waals surface area contributed by atoms with E-state index >= 15 is 0 Å². The zero-order valence-electron chi connectivity index (χ0n) is 10.7. The lowest BCUT2D eigenvalue weighted by atomic mass is 9.95. The quantitative estimate of drug-likeness (QED) is 0.905. The van der Waals surface area contributed by atoms with Crippen LogP contribution in [0.2, 0.25) is 0 Å². The number of furan rings is 1. The average Bonchev–Trinajstić information content (AvgIpc) is 2.84. The number of fused-ring (bicyclic) bond motifs is 1. The Balaban J connectivity index is 1.86. The van der Waals surface area contributed by atoms with Crippen LogP contribution in [0.15, 0.2) is 34.9 Å². The van der Waals surface area contributed by atoms with Gasteiger partial charge in [-0.05, 0) is 25.5 Å². The summed E-state index contributed by atoms with van der Waals surface area (Å²) in [6, 6.07) is 6.86. The third-order valence-corrected chi connectivity index (χ3v) is 3.79. The van der Waals surface area contributed by atoms with E-state index in [1.807, 2.05) is 0 Å². The summed E-state index contributed by atoms with van der Waals surface area (Å²) in [7, 11) is 0. The first-order valence-corrected chi connectivity index (χ1v) is 6.75. The molecule has 0 bridgehead atoms. The predicted molar refractivity (Wildman–Crippen MR) is 70.4 cm³/mol. The zero-order chi connectivity index (χ0) is 13.3. The first-order valence-electron chi connectivity index (χ1n) is 6.75. The first-order chi connectivity index (χ1) is 9.17. The number of nitrogens with one attached hydrogen (secondary N) is 1. The highest BCUT2D eigenvalue weighted by atomic mass is 19.3. The summed E-state index contributed by atoms with van der Waals surface area (Å²) in [6.07, 6.45) is 3.98. The molecule has 0 spiro atoms. The van der Waals surface area contributed by atoms with E-state index in [1.165, 1.54) is 6.26 Å². The molecular weight excluding hydrogens is 248 g/mol. The van der Waals surface area contributed by atoms with Crippen LogP contribution in [0.1, 0.15) is 31.2 Å². The van der Waals surface area contributed by atoms with E-state index in [2.05, 4.69) is 5.32 Å². The fraction of sp³-hybridized carbons (Fsp3) is 0.467. The van der Waals surface area contributed by atoms with Gasteiger partial charge in [0, 0.05) is 17.8 Å². The number of para-hydroxylation sites is 1. The van der Waals surface area contributed by atoms with Crippen molar-refractivity contribution in [2.45, 2.75) is 37.6 Å². The molecule has 102 valence electrons. The molecule has 0 aliphatic carbocycles. The van der Waals surface area contributed by atoms with Gasteiger partial charge in [0.15, 0.2) is 0 Å². The second-order valence-electron chi connectivity index (χ2n) is 5.20. The molecule has 1 atom stereocenters. The lowest BCUT2D eigenvalue weighted by Gasteiger charge is -2.27. The van der Waals surface area contributed by atoms with E-state index in [0.717, 1.165) is 25.8 Å². The summed E-state index contributed by atoms with van der Waals surface area (Å²) in [6.45, 7) is 0.840. The summed E-state index contributed by atoms with van der Waals surface area (Å²) >= 11 is 0. The smallest absolute Gasteiger partial charge is 0.278 e. The van der Waals surface area contributed by atoms with Crippen molar-refractivity contribution in [3.05, 3.63) is 36.1 Å². The average molecular weight is 265 g/mol. The van der Waals surface area contributed by atoms with Crippen LogP contribution >= 0.6 is 0 Å². The summed E-state index contributed by atoms with van der Waals surface area (Å²) in [5, 5.41) is 3.69. The van der Waals surface area contributed by atoms with Gasteiger partial charge in [0.05, 0.1) is 5.56 Å². The molecule has 1 aromatic heterocycles. The topological polar surface area (TPSA) is 25.2 Å². The SMILES string of the molecule is FC(F)(CC1CCCCN1)c1coc2ccccc12. The lowest BCUT2D eigenvalue weighted by Crippen LogP contribution is -2.37. The lowest BCUT2D eigenvalue weighted by molar-refractivity contribution is -0.0245. The molecule has 0 amide bonds.